The van der Waals surface area contributed by atoms with E-state index in [2.05, 4.69) is 0 Å². The van der Waals surface area contributed by atoms with Crippen molar-refractivity contribution in [2.24, 2.45) is 0 Å². The predicted octanol–water partition coefficient (Wildman–Crippen LogP) is 4.14. The second-order valence-electron chi connectivity index (χ2n) is 3.46. The van der Waals surface area contributed by atoms with E-state index in [0.717, 1.165) is 22.5 Å². The van der Waals surface area contributed by atoms with E-state index in [1.54, 1.807) is 0 Å². The maximum atomic E-state index is 13.6. The number of anilines is 1. The van der Waals surface area contributed by atoms with E-state index in [1.165, 1.54) is 6.07 Å². The number of nitrogen functional groups attached to an aromatic ring is 1. The smallest absolute Gasteiger partial charge is 0.141 e. The molecule has 0 aliphatic heterocycles. The van der Waals surface area contributed by atoms with Crippen LogP contribution in [0, 0.1) is 31.0 Å². The van der Waals surface area contributed by atoms with Gasteiger partial charge in [-0.3, -0.25) is 0 Å². The number of nitrogens with two attached hydrogens (primary N) is 1. The van der Waals surface area contributed by atoms with Crippen molar-refractivity contribution in [2.75, 3.05) is 5.73 Å². The maximum Gasteiger partial charge on any atom is 0.141 e. The molecule has 1 aromatic carbocycles. The highest BCUT2D eigenvalue weighted by Crippen LogP contribution is 2.37. The summed E-state index contributed by atoms with van der Waals surface area (Å²) < 4.78 is 14.1. The van der Waals surface area contributed by atoms with E-state index < -0.39 is 0 Å². The van der Waals surface area contributed by atoms with Crippen LogP contribution in [0.5, 0.6) is 0 Å². The van der Waals surface area contributed by atoms with Gasteiger partial charge < -0.3 is 5.73 Å². The van der Waals surface area contributed by atoms with Crippen molar-refractivity contribution in [1.82, 2.24) is 0 Å². The maximum absolute atomic E-state index is 13.6. The Morgan fingerprint density at radius 1 is 1.35 bits per heavy atom. The lowest BCUT2D eigenvalue weighted by atomic mass is 10.0. The van der Waals surface area contributed by atoms with Gasteiger partial charge in [-0.2, -0.15) is 5.26 Å². The minimum Gasteiger partial charge on any atom is -0.389 e. The highest BCUT2D eigenvalue weighted by molar-refractivity contribution is 7.23. The number of thiophene rings is 1. The quantitative estimate of drug-likeness (QED) is 0.764. The SMILES string of the molecule is CC.Cc1cc(F)c2sc(N)c(C#N)c2c1C. The normalized spacial score (nSPS) is 9.65. The first kappa shape index (κ1) is 13.5. The monoisotopic (exact) mass is 250 g/mol. The zero-order valence-electron chi connectivity index (χ0n) is 10.4. The molecular formula is C13H15FN2S. The van der Waals surface area contributed by atoms with Gasteiger partial charge in [-0.05, 0) is 31.0 Å². The van der Waals surface area contributed by atoms with Crippen molar-refractivity contribution in [3.63, 3.8) is 0 Å². The van der Waals surface area contributed by atoms with Gasteiger partial charge in [-0.25, -0.2) is 4.39 Å². The molecular weight excluding hydrogens is 235 g/mol. The van der Waals surface area contributed by atoms with Gasteiger partial charge in [0.05, 0.1) is 10.3 Å². The van der Waals surface area contributed by atoms with E-state index in [0.29, 0.717) is 20.7 Å². The molecule has 1 aromatic heterocycles. The van der Waals surface area contributed by atoms with Crippen molar-refractivity contribution in [3.8, 4) is 6.07 Å². The first-order valence-corrected chi connectivity index (χ1v) is 6.25. The molecule has 0 bridgehead atoms. The number of hydrogen-bond donors (Lipinski definition) is 1. The van der Waals surface area contributed by atoms with Crippen LogP contribution in [0.1, 0.15) is 30.5 Å². The second kappa shape index (κ2) is 5.15. The average Bonchev–Trinajstić information content (AvgIpc) is 2.66. The van der Waals surface area contributed by atoms with E-state index in [1.807, 2.05) is 33.8 Å². The molecule has 0 radical (unpaired) electrons. The molecule has 90 valence electrons. The fraction of sp³-hybridized carbons (Fsp3) is 0.308. The summed E-state index contributed by atoms with van der Waals surface area (Å²) in [7, 11) is 0. The van der Waals surface area contributed by atoms with Crippen LogP contribution < -0.4 is 5.73 Å². The molecule has 0 saturated carbocycles. The number of aryl methyl sites for hydroxylation is 2. The largest absolute Gasteiger partial charge is 0.389 e. The summed E-state index contributed by atoms with van der Waals surface area (Å²) in [5, 5.41) is 10.0. The number of nitrogens with zero attached hydrogens (tertiary/aromatic N) is 1. The Morgan fingerprint density at radius 2 is 1.94 bits per heavy atom. The van der Waals surface area contributed by atoms with E-state index in [4.69, 9.17) is 11.0 Å². The van der Waals surface area contributed by atoms with Gasteiger partial charge >= 0.3 is 0 Å². The fourth-order valence-corrected chi connectivity index (χ4v) is 2.63. The zero-order chi connectivity index (χ0) is 13.2. The van der Waals surface area contributed by atoms with Crippen molar-refractivity contribution in [2.45, 2.75) is 27.7 Å². The average molecular weight is 250 g/mol. The Hall–Kier alpha value is -1.60. The molecule has 0 spiro atoms. The Labute approximate surface area is 104 Å². The molecule has 0 aliphatic carbocycles. The number of rotatable bonds is 0. The summed E-state index contributed by atoms with van der Waals surface area (Å²) >= 11 is 1.13. The summed E-state index contributed by atoms with van der Waals surface area (Å²) in [6, 6.07) is 3.51. The van der Waals surface area contributed by atoms with Gasteiger partial charge in [-0.1, -0.05) is 13.8 Å². The lowest BCUT2D eigenvalue weighted by Gasteiger charge is -2.02. The van der Waals surface area contributed by atoms with Gasteiger partial charge in [0.2, 0.25) is 0 Å². The first-order valence-electron chi connectivity index (χ1n) is 5.44. The molecule has 0 saturated heterocycles. The summed E-state index contributed by atoms with van der Waals surface area (Å²) in [5.74, 6) is -0.300. The fourth-order valence-electron chi connectivity index (χ4n) is 1.65. The molecule has 0 amide bonds. The lowest BCUT2D eigenvalue weighted by molar-refractivity contribution is 0.640. The number of benzene rings is 1. The summed E-state index contributed by atoms with van der Waals surface area (Å²) in [4.78, 5) is 0. The highest BCUT2D eigenvalue weighted by atomic mass is 32.1. The number of hydrogen-bond acceptors (Lipinski definition) is 3. The molecule has 2 aromatic rings. The Bertz CT molecular complexity index is 594. The van der Waals surface area contributed by atoms with Crippen LogP contribution in [-0.4, -0.2) is 0 Å². The molecule has 2 nitrogen and oxygen atoms in total. The van der Waals surface area contributed by atoms with Crippen LogP contribution in [-0.2, 0) is 0 Å². The van der Waals surface area contributed by atoms with Crippen LogP contribution >= 0.6 is 11.3 Å². The van der Waals surface area contributed by atoms with Gasteiger partial charge in [0.1, 0.15) is 16.9 Å². The lowest BCUT2D eigenvalue weighted by Crippen LogP contribution is -1.88. The third-order valence-corrected chi connectivity index (χ3v) is 3.60. The molecule has 0 atom stereocenters. The van der Waals surface area contributed by atoms with Crippen molar-refractivity contribution in [1.29, 1.82) is 5.26 Å². The highest BCUT2D eigenvalue weighted by Gasteiger charge is 2.16. The van der Waals surface area contributed by atoms with Crippen molar-refractivity contribution in [3.05, 3.63) is 28.6 Å². The second-order valence-corrected chi connectivity index (χ2v) is 4.51. The Balaban J connectivity index is 0.000000686. The van der Waals surface area contributed by atoms with Gasteiger partial charge in [0.15, 0.2) is 0 Å². The van der Waals surface area contributed by atoms with Crippen molar-refractivity contribution < 1.29 is 4.39 Å². The topological polar surface area (TPSA) is 49.8 Å². The standard InChI is InChI=1S/C11H9FN2S.C2H6/c1-5-3-8(12)10-9(6(5)2)7(4-13)11(14)15-10;1-2/h3H,14H2,1-2H3;1-2H3. The van der Waals surface area contributed by atoms with Gasteiger partial charge in [-0.15, -0.1) is 11.3 Å². The summed E-state index contributed by atoms with van der Waals surface area (Å²) in [6.45, 7) is 7.71. The molecule has 2 N–H and O–H groups in total. The van der Waals surface area contributed by atoms with Crippen molar-refractivity contribution >= 4 is 26.4 Å². The van der Waals surface area contributed by atoms with E-state index in [9.17, 15) is 4.39 Å². The molecule has 0 fully saturated rings. The molecule has 1 heterocycles. The molecule has 0 unspecified atom stereocenters. The van der Waals surface area contributed by atoms with E-state index >= 15 is 0 Å². The summed E-state index contributed by atoms with van der Waals surface area (Å²) in [6.07, 6.45) is 0. The molecule has 0 aliphatic rings. The number of halogens is 1. The third-order valence-electron chi connectivity index (χ3n) is 2.57. The van der Waals surface area contributed by atoms with Gasteiger partial charge in [0.25, 0.3) is 0 Å². The Morgan fingerprint density at radius 3 is 2.47 bits per heavy atom. The van der Waals surface area contributed by atoms with Crippen LogP contribution in [0.15, 0.2) is 6.07 Å². The first-order chi connectivity index (χ1) is 8.06. The Kier molecular flexibility index (Phi) is 4.08. The predicted molar refractivity (Wildman–Crippen MR) is 71.7 cm³/mol. The molecule has 4 heteroatoms. The molecule has 2 rings (SSSR count). The van der Waals surface area contributed by atoms with Gasteiger partial charge in [0, 0.05) is 5.39 Å². The number of nitriles is 1. The number of fused-ring (bicyclic) bond motifs is 1. The zero-order valence-corrected chi connectivity index (χ0v) is 11.2. The van der Waals surface area contributed by atoms with Crippen LogP contribution in [0.25, 0.3) is 10.1 Å². The molecule has 17 heavy (non-hydrogen) atoms. The third kappa shape index (κ3) is 2.11. The van der Waals surface area contributed by atoms with Crippen LogP contribution in [0.3, 0.4) is 0 Å². The summed E-state index contributed by atoms with van der Waals surface area (Å²) in [5.41, 5.74) is 7.85. The van der Waals surface area contributed by atoms with Crippen LogP contribution in [0.4, 0.5) is 9.39 Å². The minimum absolute atomic E-state index is 0.300. The van der Waals surface area contributed by atoms with Crippen LogP contribution in [0.2, 0.25) is 0 Å². The van der Waals surface area contributed by atoms with E-state index in [-0.39, 0.29) is 5.82 Å². The minimum atomic E-state index is -0.300.